The van der Waals surface area contributed by atoms with E-state index >= 15 is 0 Å². The van der Waals surface area contributed by atoms with E-state index in [1.54, 1.807) is 6.07 Å². The highest BCUT2D eigenvalue weighted by Gasteiger charge is 2.14. The van der Waals surface area contributed by atoms with Crippen molar-refractivity contribution in [2.24, 2.45) is 5.73 Å². The third-order valence-corrected chi connectivity index (χ3v) is 2.15. The van der Waals surface area contributed by atoms with Crippen LogP contribution in [0.1, 0.15) is 24.2 Å². The Labute approximate surface area is 101 Å². The molecule has 0 aliphatic carbocycles. The summed E-state index contributed by atoms with van der Waals surface area (Å²) in [7, 11) is 1.45. The van der Waals surface area contributed by atoms with Crippen molar-refractivity contribution in [3.8, 4) is 11.5 Å². The molecule has 17 heavy (non-hydrogen) atoms. The minimum absolute atomic E-state index is 0.0628. The van der Waals surface area contributed by atoms with Crippen molar-refractivity contribution in [2.45, 2.75) is 19.4 Å². The first kappa shape index (κ1) is 13.3. The van der Waals surface area contributed by atoms with Gasteiger partial charge in [0, 0.05) is 17.6 Å². The molecule has 0 unspecified atom stereocenters. The van der Waals surface area contributed by atoms with E-state index in [4.69, 9.17) is 10.5 Å². The van der Waals surface area contributed by atoms with Gasteiger partial charge in [0.2, 0.25) is 0 Å². The first-order chi connectivity index (χ1) is 7.83. The Morgan fingerprint density at radius 2 is 2.18 bits per heavy atom. The maximum atomic E-state index is 11.7. The summed E-state index contributed by atoms with van der Waals surface area (Å²) in [6, 6.07) is 4.48. The molecule has 5 nitrogen and oxygen atoms in total. The number of nitrogens with two attached hydrogens (primary N) is 1. The number of hydrogen-bond donors (Lipinski definition) is 3. The molecule has 0 heterocycles. The SMILES string of the molecule is COc1ccc(C(=O)NCC(C)(C)N)cc1O. The number of ether oxygens (including phenoxy) is 1. The normalized spacial score (nSPS) is 11.1. The molecule has 0 aliphatic rings. The molecule has 0 saturated heterocycles. The molecule has 4 N–H and O–H groups in total. The van der Waals surface area contributed by atoms with Crippen molar-refractivity contribution in [1.82, 2.24) is 5.32 Å². The van der Waals surface area contributed by atoms with Crippen molar-refractivity contribution in [3.63, 3.8) is 0 Å². The average Bonchev–Trinajstić information content (AvgIpc) is 2.24. The van der Waals surface area contributed by atoms with Crippen LogP contribution in [0.5, 0.6) is 11.5 Å². The van der Waals surface area contributed by atoms with Crippen molar-refractivity contribution in [2.75, 3.05) is 13.7 Å². The van der Waals surface area contributed by atoms with Crippen LogP contribution in [-0.4, -0.2) is 30.2 Å². The molecule has 1 aromatic carbocycles. The molecule has 0 aliphatic heterocycles. The summed E-state index contributed by atoms with van der Waals surface area (Å²) in [6.07, 6.45) is 0. The highest BCUT2D eigenvalue weighted by Crippen LogP contribution is 2.26. The highest BCUT2D eigenvalue weighted by atomic mass is 16.5. The molecule has 94 valence electrons. The number of carbonyl (C=O) groups is 1. The molecular formula is C12H18N2O3. The van der Waals surface area contributed by atoms with E-state index in [9.17, 15) is 9.90 Å². The topological polar surface area (TPSA) is 84.6 Å². The standard InChI is InChI=1S/C12H18N2O3/c1-12(2,13)7-14-11(16)8-4-5-10(17-3)9(15)6-8/h4-6,15H,7,13H2,1-3H3,(H,14,16). The molecule has 0 aromatic heterocycles. The minimum atomic E-state index is -0.468. The maximum Gasteiger partial charge on any atom is 0.251 e. The van der Waals surface area contributed by atoms with Gasteiger partial charge in [0.15, 0.2) is 11.5 Å². The summed E-state index contributed by atoms with van der Waals surface area (Å²) >= 11 is 0. The lowest BCUT2D eigenvalue weighted by Gasteiger charge is -2.18. The number of methoxy groups -OCH3 is 1. The maximum absolute atomic E-state index is 11.7. The molecule has 5 heteroatoms. The van der Waals surface area contributed by atoms with Crippen LogP contribution in [0, 0.1) is 0 Å². The molecule has 0 saturated carbocycles. The second-order valence-electron chi connectivity index (χ2n) is 4.56. The molecule has 0 radical (unpaired) electrons. The number of rotatable bonds is 4. The fourth-order valence-electron chi connectivity index (χ4n) is 1.24. The number of carbonyl (C=O) groups excluding carboxylic acids is 1. The summed E-state index contributed by atoms with van der Waals surface area (Å²) in [5, 5.41) is 12.2. The van der Waals surface area contributed by atoms with Gasteiger partial charge in [0.25, 0.3) is 5.91 Å². The van der Waals surface area contributed by atoms with Gasteiger partial charge >= 0.3 is 0 Å². The van der Waals surface area contributed by atoms with Crippen LogP contribution in [0.25, 0.3) is 0 Å². The Morgan fingerprint density at radius 1 is 1.53 bits per heavy atom. The van der Waals surface area contributed by atoms with Gasteiger partial charge in [0.05, 0.1) is 7.11 Å². The minimum Gasteiger partial charge on any atom is -0.504 e. The van der Waals surface area contributed by atoms with Gasteiger partial charge in [-0.15, -0.1) is 0 Å². The smallest absolute Gasteiger partial charge is 0.251 e. The van der Waals surface area contributed by atoms with Crippen LogP contribution >= 0.6 is 0 Å². The molecule has 0 fully saturated rings. The Bertz CT molecular complexity index is 411. The van der Waals surface area contributed by atoms with Crippen LogP contribution in [-0.2, 0) is 0 Å². The fraction of sp³-hybridized carbons (Fsp3) is 0.417. The number of phenolic OH excluding ortho intramolecular Hbond substituents is 1. The van der Waals surface area contributed by atoms with Gasteiger partial charge < -0.3 is 20.9 Å². The fourth-order valence-corrected chi connectivity index (χ4v) is 1.24. The van der Waals surface area contributed by atoms with Crippen LogP contribution in [0.3, 0.4) is 0 Å². The van der Waals surface area contributed by atoms with E-state index in [-0.39, 0.29) is 11.7 Å². The van der Waals surface area contributed by atoms with E-state index < -0.39 is 5.54 Å². The summed E-state index contributed by atoms with van der Waals surface area (Å²) in [5.41, 5.74) is 5.65. The number of phenols is 1. The summed E-state index contributed by atoms with van der Waals surface area (Å²) in [6.45, 7) is 4.00. The van der Waals surface area contributed by atoms with E-state index in [0.717, 1.165) is 0 Å². The predicted molar refractivity (Wildman–Crippen MR) is 65.3 cm³/mol. The van der Waals surface area contributed by atoms with Gasteiger partial charge in [-0.05, 0) is 32.0 Å². The molecule has 0 bridgehead atoms. The Hall–Kier alpha value is -1.75. The third kappa shape index (κ3) is 3.96. The lowest BCUT2D eigenvalue weighted by molar-refractivity contribution is 0.0945. The van der Waals surface area contributed by atoms with Gasteiger partial charge in [0.1, 0.15) is 0 Å². The molecule has 0 spiro atoms. The van der Waals surface area contributed by atoms with Gasteiger partial charge in [-0.25, -0.2) is 0 Å². The van der Waals surface area contributed by atoms with Gasteiger partial charge in [-0.3, -0.25) is 4.79 Å². The summed E-state index contributed by atoms with van der Waals surface area (Å²) < 4.78 is 4.89. The lowest BCUT2D eigenvalue weighted by Crippen LogP contribution is -2.45. The van der Waals surface area contributed by atoms with Crippen LogP contribution in [0.4, 0.5) is 0 Å². The molecular weight excluding hydrogens is 220 g/mol. The first-order valence-corrected chi connectivity index (χ1v) is 5.27. The summed E-state index contributed by atoms with van der Waals surface area (Å²) in [4.78, 5) is 11.7. The van der Waals surface area contributed by atoms with E-state index in [0.29, 0.717) is 17.9 Å². The largest absolute Gasteiger partial charge is 0.504 e. The van der Waals surface area contributed by atoms with Crippen LogP contribution < -0.4 is 15.8 Å². The van der Waals surface area contributed by atoms with Crippen molar-refractivity contribution in [1.29, 1.82) is 0 Å². The zero-order chi connectivity index (χ0) is 13.1. The monoisotopic (exact) mass is 238 g/mol. The number of hydrogen-bond acceptors (Lipinski definition) is 4. The van der Waals surface area contributed by atoms with E-state index in [1.807, 2.05) is 13.8 Å². The third-order valence-electron chi connectivity index (χ3n) is 2.15. The molecule has 0 atom stereocenters. The zero-order valence-corrected chi connectivity index (χ0v) is 10.3. The summed E-state index contributed by atoms with van der Waals surface area (Å²) in [5.74, 6) is -0.00524. The van der Waals surface area contributed by atoms with Crippen LogP contribution in [0.2, 0.25) is 0 Å². The second-order valence-corrected chi connectivity index (χ2v) is 4.56. The lowest BCUT2D eigenvalue weighted by atomic mass is 10.1. The van der Waals surface area contributed by atoms with Gasteiger partial charge in [-0.2, -0.15) is 0 Å². The van der Waals surface area contributed by atoms with E-state index in [1.165, 1.54) is 19.2 Å². The Balaban J connectivity index is 2.73. The molecule has 1 amide bonds. The Kier molecular flexibility index (Phi) is 3.96. The van der Waals surface area contributed by atoms with Crippen molar-refractivity contribution in [3.05, 3.63) is 23.8 Å². The Morgan fingerprint density at radius 3 is 2.65 bits per heavy atom. The van der Waals surface area contributed by atoms with Gasteiger partial charge in [-0.1, -0.05) is 0 Å². The molecule has 1 aromatic rings. The number of nitrogens with one attached hydrogen (secondary N) is 1. The van der Waals surface area contributed by atoms with Crippen LogP contribution in [0.15, 0.2) is 18.2 Å². The first-order valence-electron chi connectivity index (χ1n) is 5.27. The highest BCUT2D eigenvalue weighted by molar-refractivity contribution is 5.94. The second kappa shape index (κ2) is 5.05. The number of benzene rings is 1. The van der Waals surface area contributed by atoms with E-state index in [2.05, 4.69) is 5.32 Å². The predicted octanol–water partition coefficient (Wildman–Crippen LogP) is 0.868. The average molecular weight is 238 g/mol. The number of amides is 1. The van der Waals surface area contributed by atoms with Crippen molar-refractivity contribution >= 4 is 5.91 Å². The zero-order valence-electron chi connectivity index (χ0n) is 10.3. The van der Waals surface area contributed by atoms with Crippen molar-refractivity contribution < 1.29 is 14.6 Å². The molecule has 1 rings (SSSR count). The number of aromatic hydroxyl groups is 1. The quantitative estimate of drug-likeness (QED) is 0.726.